The van der Waals surface area contributed by atoms with Gasteiger partial charge in [-0.1, -0.05) is 60.1 Å². The summed E-state index contributed by atoms with van der Waals surface area (Å²) in [5.74, 6) is 0. The highest BCUT2D eigenvalue weighted by Gasteiger charge is 2.15. The molecule has 3 aromatic rings. The summed E-state index contributed by atoms with van der Waals surface area (Å²) < 4.78 is 0. The molecule has 0 atom stereocenters. The Kier molecular flexibility index (Phi) is 5.43. The molecular weight excluding hydrogens is 351 g/mol. The molecule has 0 saturated carbocycles. The molecule has 0 aliphatic carbocycles. The van der Waals surface area contributed by atoms with Crippen molar-refractivity contribution in [3.8, 4) is 11.3 Å². The zero-order valence-electron chi connectivity index (χ0n) is 14.1. The van der Waals surface area contributed by atoms with E-state index in [1.165, 1.54) is 11.0 Å². The summed E-state index contributed by atoms with van der Waals surface area (Å²) in [6, 6.07) is 18.5. The van der Waals surface area contributed by atoms with E-state index >= 15 is 0 Å². The molecule has 0 radical (unpaired) electrons. The first-order valence-corrected chi connectivity index (χ1v) is 8.63. The molecule has 0 spiro atoms. The number of fused-ring (bicyclic) bond motifs is 1. The van der Waals surface area contributed by atoms with Crippen LogP contribution in [0.15, 0.2) is 60.7 Å². The van der Waals surface area contributed by atoms with Gasteiger partial charge in [0.2, 0.25) is 0 Å². The number of pyridine rings is 1. The van der Waals surface area contributed by atoms with E-state index < -0.39 is 0 Å². The number of aromatic nitrogens is 1. The minimum absolute atomic E-state index is 0. The van der Waals surface area contributed by atoms with Crippen molar-refractivity contribution in [2.75, 3.05) is 20.1 Å². The lowest BCUT2D eigenvalue weighted by Crippen LogP contribution is -2.23. The zero-order valence-corrected chi connectivity index (χ0v) is 15.6. The van der Waals surface area contributed by atoms with Gasteiger partial charge in [-0.2, -0.15) is 0 Å². The first-order chi connectivity index (χ1) is 11.7. The van der Waals surface area contributed by atoms with Crippen molar-refractivity contribution in [2.45, 2.75) is 6.42 Å². The Bertz CT molecular complexity index is 934. The van der Waals surface area contributed by atoms with E-state index in [2.05, 4.69) is 48.4 Å². The number of halogens is 2. The van der Waals surface area contributed by atoms with Crippen molar-refractivity contribution in [1.29, 1.82) is 0 Å². The molecule has 0 fully saturated rings. The average Bonchev–Trinajstić information content (AvgIpc) is 2.62. The molecule has 1 aromatic heterocycles. The molecule has 25 heavy (non-hydrogen) atoms. The van der Waals surface area contributed by atoms with Gasteiger partial charge in [0, 0.05) is 29.1 Å². The summed E-state index contributed by atoms with van der Waals surface area (Å²) >= 11 is 6.46. The number of likely N-dealkylation sites (N-methyl/N-ethyl adjacent to an activating group) is 1. The molecule has 2 aromatic carbocycles. The fourth-order valence-electron chi connectivity index (χ4n) is 3.23. The van der Waals surface area contributed by atoms with Gasteiger partial charge in [0.1, 0.15) is 0 Å². The van der Waals surface area contributed by atoms with Crippen LogP contribution in [0.25, 0.3) is 27.6 Å². The number of hydrogen-bond acceptors (Lipinski definition) is 2. The lowest BCUT2D eigenvalue weighted by molar-refractivity contribution is 0.370. The molecule has 0 saturated heterocycles. The van der Waals surface area contributed by atoms with Gasteiger partial charge in [0.15, 0.2) is 0 Å². The van der Waals surface area contributed by atoms with Crippen LogP contribution in [0, 0.1) is 0 Å². The highest BCUT2D eigenvalue weighted by Crippen LogP contribution is 2.34. The maximum Gasteiger partial charge on any atom is 0.0802 e. The summed E-state index contributed by atoms with van der Waals surface area (Å²) in [4.78, 5) is 7.33. The van der Waals surface area contributed by atoms with Crippen LogP contribution in [0.2, 0.25) is 5.02 Å². The molecular formula is C21H20Cl2N2. The van der Waals surface area contributed by atoms with Crippen LogP contribution in [0.4, 0.5) is 0 Å². The molecule has 4 rings (SSSR count). The van der Waals surface area contributed by atoms with Crippen molar-refractivity contribution in [1.82, 2.24) is 9.88 Å². The van der Waals surface area contributed by atoms with Gasteiger partial charge in [-0.25, -0.2) is 4.98 Å². The fourth-order valence-corrected chi connectivity index (χ4v) is 3.45. The number of nitrogens with zero attached hydrogens (tertiary/aromatic N) is 2. The zero-order chi connectivity index (χ0) is 16.5. The SMILES string of the molecule is CN1CC=C(c2cc3ccccc3c(-c3ccccc3Cl)n2)CC1.Cl. The maximum absolute atomic E-state index is 6.46. The Morgan fingerprint density at radius 2 is 1.80 bits per heavy atom. The third-order valence-electron chi connectivity index (χ3n) is 4.61. The largest absolute Gasteiger partial charge is 0.302 e. The van der Waals surface area contributed by atoms with Crippen LogP contribution in [-0.2, 0) is 0 Å². The minimum atomic E-state index is 0. The van der Waals surface area contributed by atoms with Crippen molar-refractivity contribution in [3.05, 3.63) is 71.4 Å². The molecule has 4 heteroatoms. The fraction of sp³-hybridized carbons (Fsp3) is 0.190. The molecule has 2 heterocycles. The second-order valence-electron chi connectivity index (χ2n) is 6.30. The summed E-state index contributed by atoms with van der Waals surface area (Å²) in [5.41, 5.74) is 4.35. The topological polar surface area (TPSA) is 16.1 Å². The van der Waals surface area contributed by atoms with E-state index in [9.17, 15) is 0 Å². The third kappa shape index (κ3) is 3.57. The van der Waals surface area contributed by atoms with E-state index in [-0.39, 0.29) is 12.4 Å². The van der Waals surface area contributed by atoms with Gasteiger partial charge in [-0.3, -0.25) is 0 Å². The van der Waals surface area contributed by atoms with Crippen molar-refractivity contribution in [3.63, 3.8) is 0 Å². The first-order valence-electron chi connectivity index (χ1n) is 8.25. The van der Waals surface area contributed by atoms with Crippen molar-refractivity contribution >= 4 is 40.4 Å². The van der Waals surface area contributed by atoms with Gasteiger partial charge in [0.25, 0.3) is 0 Å². The van der Waals surface area contributed by atoms with E-state index in [1.807, 2.05) is 24.3 Å². The predicted octanol–water partition coefficient (Wildman–Crippen LogP) is 5.70. The molecule has 0 N–H and O–H groups in total. The Morgan fingerprint density at radius 1 is 1.04 bits per heavy atom. The van der Waals surface area contributed by atoms with Gasteiger partial charge >= 0.3 is 0 Å². The van der Waals surface area contributed by atoms with Crippen LogP contribution in [-0.4, -0.2) is 30.0 Å². The lowest BCUT2D eigenvalue weighted by atomic mass is 9.98. The van der Waals surface area contributed by atoms with E-state index in [0.29, 0.717) is 0 Å². The van der Waals surface area contributed by atoms with Gasteiger partial charge in [0.05, 0.1) is 11.4 Å². The predicted molar refractivity (Wildman–Crippen MR) is 110 cm³/mol. The first kappa shape index (κ1) is 17.9. The van der Waals surface area contributed by atoms with Crippen molar-refractivity contribution < 1.29 is 0 Å². The number of hydrogen-bond donors (Lipinski definition) is 0. The minimum Gasteiger partial charge on any atom is -0.302 e. The summed E-state index contributed by atoms with van der Waals surface area (Å²) in [6.07, 6.45) is 3.32. The summed E-state index contributed by atoms with van der Waals surface area (Å²) in [6.45, 7) is 2.05. The number of benzene rings is 2. The molecule has 128 valence electrons. The standard InChI is InChI=1S/C21H19ClN2.ClH/c1-24-12-10-15(11-13-24)20-14-16-6-2-3-7-17(16)21(23-20)18-8-4-5-9-19(18)22;/h2-10,14H,11-13H2,1H3;1H. The molecule has 2 nitrogen and oxygen atoms in total. The van der Waals surface area contributed by atoms with Gasteiger partial charge < -0.3 is 4.90 Å². The average molecular weight is 371 g/mol. The van der Waals surface area contributed by atoms with Gasteiger partial charge in [-0.05, 0) is 36.6 Å². The van der Waals surface area contributed by atoms with Crippen LogP contribution in [0.5, 0.6) is 0 Å². The molecule has 1 aliphatic heterocycles. The highest BCUT2D eigenvalue weighted by atomic mass is 35.5. The van der Waals surface area contributed by atoms with E-state index in [1.54, 1.807) is 0 Å². The van der Waals surface area contributed by atoms with Crippen molar-refractivity contribution in [2.24, 2.45) is 0 Å². The smallest absolute Gasteiger partial charge is 0.0802 e. The van der Waals surface area contributed by atoms with Crippen LogP contribution in [0.3, 0.4) is 0 Å². The van der Waals surface area contributed by atoms with E-state index in [0.717, 1.165) is 46.9 Å². The normalized spacial score (nSPS) is 14.9. The number of rotatable bonds is 2. The maximum atomic E-state index is 6.46. The Morgan fingerprint density at radius 3 is 2.56 bits per heavy atom. The third-order valence-corrected chi connectivity index (χ3v) is 4.94. The molecule has 1 aliphatic rings. The molecule has 0 amide bonds. The van der Waals surface area contributed by atoms with Gasteiger partial charge in [-0.15, -0.1) is 12.4 Å². The molecule has 0 unspecified atom stereocenters. The quantitative estimate of drug-likeness (QED) is 0.575. The van der Waals surface area contributed by atoms with Crippen LogP contribution < -0.4 is 0 Å². The Labute approximate surface area is 159 Å². The van der Waals surface area contributed by atoms with Crippen LogP contribution >= 0.6 is 24.0 Å². The highest BCUT2D eigenvalue weighted by molar-refractivity contribution is 6.33. The molecule has 0 bridgehead atoms. The van der Waals surface area contributed by atoms with E-state index in [4.69, 9.17) is 16.6 Å². The Balaban J connectivity index is 0.00000182. The monoisotopic (exact) mass is 370 g/mol. The lowest BCUT2D eigenvalue weighted by Gasteiger charge is -2.22. The van der Waals surface area contributed by atoms with Crippen LogP contribution in [0.1, 0.15) is 12.1 Å². The summed E-state index contributed by atoms with van der Waals surface area (Å²) in [7, 11) is 2.15. The summed E-state index contributed by atoms with van der Waals surface area (Å²) in [5, 5.41) is 3.09. The second-order valence-corrected chi connectivity index (χ2v) is 6.71. The second kappa shape index (κ2) is 7.57. The Hall–Kier alpha value is -1.87.